The van der Waals surface area contributed by atoms with Gasteiger partial charge in [-0.25, -0.2) is 9.37 Å². The van der Waals surface area contributed by atoms with Gasteiger partial charge >= 0.3 is 7.05 Å². The molecule has 0 unspecified atom stereocenters. The number of nitrogens with zero attached hydrogens (tertiary/aromatic N) is 4. The Labute approximate surface area is 205 Å². The Hall–Kier alpha value is -3.21. The Balaban J connectivity index is 1.28. The summed E-state index contributed by atoms with van der Waals surface area (Å²) in [6, 6.07) is 14.0. The smallest absolute Gasteiger partial charge is 0.373 e. The van der Waals surface area contributed by atoms with Crippen molar-refractivity contribution in [2.75, 3.05) is 44.2 Å². The van der Waals surface area contributed by atoms with Gasteiger partial charge in [-0.05, 0) is 42.2 Å². The van der Waals surface area contributed by atoms with E-state index in [9.17, 15) is 14.2 Å². The largest absolute Gasteiger partial charge is 0.492 e. The van der Waals surface area contributed by atoms with Crippen LogP contribution in [0.4, 0.5) is 10.2 Å². The van der Waals surface area contributed by atoms with Crippen molar-refractivity contribution in [3.63, 3.8) is 0 Å². The van der Waals surface area contributed by atoms with Crippen molar-refractivity contribution in [3.8, 4) is 5.75 Å². The highest BCUT2D eigenvalue weighted by Gasteiger charge is 2.21. The second-order valence-corrected chi connectivity index (χ2v) is 8.69. The third kappa shape index (κ3) is 7.14. The minimum absolute atomic E-state index is 0.0968. The fourth-order valence-electron chi connectivity index (χ4n) is 4.01. The average Bonchev–Trinajstić information content (AvgIpc) is 2.86. The van der Waals surface area contributed by atoms with Crippen LogP contribution in [0.15, 0.2) is 65.7 Å². The molecule has 0 spiro atoms. The second-order valence-electron chi connectivity index (χ2n) is 8.69. The first kappa shape index (κ1) is 24.9. The van der Waals surface area contributed by atoms with E-state index in [1.54, 1.807) is 35.9 Å². The summed E-state index contributed by atoms with van der Waals surface area (Å²) in [5.74, 6) is 0.860. The van der Waals surface area contributed by atoms with Gasteiger partial charge in [-0.3, -0.25) is 9.69 Å². The van der Waals surface area contributed by atoms with Crippen LogP contribution in [0.3, 0.4) is 0 Å². The number of piperazine rings is 1. The third-order valence-electron chi connectivity index (χ3n) is 6.03. The van der Waals surface area contributed by atoms with E-state index >= 15 is 0 Å². The summed E-state index contributed by atoms with van der Waals surface area (Å²) in [5, 5.41) is 12.3. The fraction of sp³-hybridized carbons (Fsp3) is 0.360. The van der Waals surface area contributed by atoms with Gasteiger partial charge in [0.05, 0.1) is 6.54 Å². The molecule has 2 aromatic carbocycles. The number of nitrogens with one attached hydrogen (secondary N) is 1. The van der Waals surface area contributed by atoms with Crippen LogP contribution in [0.5, 0.6) is 5.75 Å². The minimum Gasteiger partial charge on any atom is -0.492 e. The molecule has 1 aliphatic rings. The van der Waals surface area contributed by atoms with E-state index in [1.165, 1.54) is 12.1 Å². The maximum Gasteiger partial charge on any atom is 0.373 e. The lowest BCUT2D eigenvalue weighted by Gasteiger charge is -2.35. The number of hydrogen-bond donors (Lipinski definition) is 2. The molecule has 0 saturated carbocycles. The molecular formula is C25H31BFN5O3. The molecule has 8 nitrogen and oxygen atoms in total. The summed E-state index contributed by atoms with van der Waals surface area (Å²) in [4.78, 5) is 21.8. The van der Waals surface area contributed by atoms with Crippen LogP contribution in [0, 0.1) is 5.82 Å². The molecule has 1 saturated heterocycles. The van der Waals surface area contributed by atoms with Crippen LogP contribution >= 0.6 is 0 Å². The summed E-state index contributed by atoms with van der Waals surface area (Å²) in [7, 11) is -0.555. The molecule has 1 aliphatic heterocycles. The van der Waals surface area contributed by atoms with Gasteiger partial charge in [0.25, 0.3) is 5.56 Å². The van der Waals surface area contributed by atoms with E-state index in [4.69, 9.17) is 4.74 Å². The average molecular weight is 479 g/mol. The van der Waals surface area contributed by atoms with E-state index in [1.807, 2.05) is 29.2 Å². The van der Waals surface area contributed by atoms with Crippen molar-refractivity contribution in [2.24, 2.45) is 0 Å². The lowest BCUT2D eigenvalue weighted by atomic mass is 9.88. The van der Waals surface area contributed by atoms with Crippen LogP contribution in [0.1, 0.15) is 11.1 Å². The second kappa shape index (κ2) is 12.0. The molecule has 35 heavy (non-hydrogen) atoms. The quantitative estimate of drug-likeness (QED) is 0.430. The van der Waals surface area contributed by atoms with E-state index in [-0.39, 0.29) is 11.4 Å². The monoisotopic (exact) mass is 479 g/mol. The Morgan fingerprint density at radius 3 is 2.43 bits per heavy atom. The number of anilines is 1. The summed E-state index contributed by atoms with van der Waals surface area (Å²) < 4.78 is 20.4. The van der Waals surface area contributed by atoms with Crippen LogP contribution in [0.2, 0.25) is 6.82 Å². The standard InChI is InChI=1S/C25H31BFN5O3/c1-26(34)29-18-20-2-4-21(5-3-20)19-32-11-10-28-24(25(32)33)31-14-12-30(13-15-31)16-17-35-23-8-6-22(27)7-9-23/h2-11,29,34H,12-19H2,1H3. The van der Waals surface area contributed by atoms with Gasteiger partial charge in [0.15, 0.2) is 5.82 Å². The zero-order valence-electron chi connectivity index (χ0n) is 19.9. The fourth-order valence-corrected chi connectivity index (χ4v) is 4.01. The topological polar surface area (TPSA) is 82.9 Å². The van der Waals surface area contributed by atoms with Crippen molar-refractivity contribution >= 4 is 12.9 Å². The first-order chi connectivity index (χ1) is 17.0. The molecule has 3 aromatic rings. The lowest BCUT2D eigenvalue weighted by molar-refractivity contribution is 0.200. The van der Waals surface area contributed by atoms with Crippen molar-refractivity contribution in [2.45, 2.75) is 19.9 Å². The SMILES string of the molecule is CB(O)NCc1ccc(Cn2ccnc(N3CCN(CCOc4ccc(F)cc4)CC3)c2=O)cc1. The summed E-state index contributed by atoms with van der Waals surface area (Å²) >= 11 is 0. The van der Waals surface area contributed by atoms with Gasteiger partial charge in [0.2, 0.25) is 0 Å². The molecule has 1 aromatic heterocycles. The van der Waals surface area contributed by atoms with Crippen molar-refractivity contribution in [1.82, 2.24) is 19.7 Å². The van der Waals surface area contributed by atoms with Gasteiger partial charge in [-0.2, -0.15) is 0 Å². The molecule has 0 atom stereocenters. The third-order valence-corrected chi connectivity index (χ3v) is 6.03. The highest BCUT2D eigenvalue weighted by atomic mass is 19.1. The first-order valence-electron chi connectivity index (χ1n) is 11.9. The minimum atomic E-state index is -0.555. The number of benzene rings is 2. The predicted octanol–water partition coefficient (Wildman–Crippen LogP) is 1.83. The summed E-state index contributed by atoms with van der Waals surface area (Å²) in [6.07, 6.45) is 3.40. The normalized spacial score (nSPS) is 14.2. The van der Waals surface area contributed by atoms with Gasteiger partial charge in [0, 0.05) is 51.7 Å². The number of halogens is 1. The van der Waals surface area contributed by atoms with Crippen LogP contribution in [0.25, 0.3) is 0 Å². The number of ether oxygens (including phenoxy) is 1. The maximum absolute atomic E-state index is 13.1. The summed E-state index contributed by atoms with van der Waals surface area (Å²) in [5.41, 5.74) is 2.00. The van der Waals surface area contributed by atoms with Crippen molar-refractivity contribution < 1.29 is 14.2 Å². The molecule has 184 valence electrons. The molecule has 0 amide bonds. The summed E-state index contributed by atoms with van der Waals surface area (Å²) in [6.45, 7) is 7.08. The first-order valence-corrected chi connectivity index (χ1v) is 11.9. The molecule has 10 heteroatoms. The van der Waals surface area contributed by atoms with E-state index in [2.05, 4.69) is 15.1 Å². The van der Waals surface area contributed by atoms with Crippen LogP contribution in [-0.2, 0) is 13.1 Å². The van der Waals surface area contributed by atoms with Gasteiger partial charge < -0.3 is 24.5 Å². The Morgan fingerprint density at radius 1 is 1.06 bits per heavy atom. The van der Waals surface area contributed by atoms with Crippen molar-refractivity contribution in [1.29, 1.82) is 0 Å². The van der Waals surface area contributed by atoms with E-state index in [0.29, 0.717) is 44.4 Å². The molecule has 0 radical (unpaired) electrons. The van der Waals surface area contributed by atoms with Crippen LogP contribution < -0.4 is 20.4 Å². The van der Waals surface area contributed by atoms with Gasteiger partial charge in [-0.15, -0.1) is 0 Å². The zero-order valence-corrected chi connectivity index (χ0v) is 19.9. The highest BCUT2D eigenvalue weighted by molar-refractivity contribution is 6.45. The van der Waals surface area contributed by atoms with Gasteiger partial charge in [0.1, 0.15) is 18.2 Å². The highest BCUT2D eigenvalue weighted by Crippen LogP contribution is 2.13. The van der Waals surface area contributed by atoms with Gasteiger partial charge in [-0.1, -0.05) is 24.3 Å². The number of hydrogen-bond acceptors (Lipinski definition) is 7. The molecule has 2 heterocycles. The van der Waals surface area contributed by atoms with Crippen molar-refractivity contribution in [3.05, 3.63) is 88.2 Å². The zero-order chi connectivity index (χ0) is 24.6. The predicted molar refractivity (Wildman–Crippen MR) is 135 cm³/mol. The van der Waals surface area contributed by atoms with E-state index < -0.39 is 7.05 Å². The molecule has 0 aliphatic carbocycles. The number of rotatable bonds is 10. The molecule has 0 bridgehead atoms. The number of aromatic nitrogens is 2. The molecule has 2 N–H and O–H groups in total. The Kier molecular flexibility index (Phi) is 8.52. The Bertz CT molecular complexity index is 1130. The van der Waals surface area contributed by atoms with E-state index in [0.717, 1.165) is 30.8 Å². The molecular weight excluding hydrogens is 448 g/mol. The lowest BCUT2D eigenvalue weighted by Crippen LogP contribution is -2.49. The molecule has 1 fully saturated rings. The molecule has 4 rings (SSSR count). The maximum atomic E-state index is 13.1. The van der Waals surface area contributed by atoms with Crippen LogP contribution in [-0.4, -0.2) is 65.9 Å². The Morgan fingerprint density at radius 2 is 1.74 bits per heavy atom.